The summed E-state index contributed by atoms with van der Waals surface area (Å²) >= 11 is 0. The average Bonchev–Trinajstić information content (AvgIpc) is 3.47. The molecule has 0 aromatic carbocycles. The van der Waals surface area contributed by atoms with E-state index >= 15 is 0 Å². The molecule has 1 aliphatic heterocycles. The number of hydrogen-bond donors (Lipinski definition) is 3. The van der Waals surface area contributed by atoms with Crippen LogP contribution in [-0.2, 0) is 23.9 Å². The van der Waals surface area contributed by atoms with Crippen LogP contribution in [-0.4, -0.2) is 53.8 Å². The second-order valence-electron chi connectivity index (χ2n) is 11.1. The van der Waals surface area contributed by atoms with E-state index < -0.39 is 23.7 Å². The summed E-state index contributed by atoms with van der Waals surface area (Å²) in [4.78, 5) is 51.6. The third kappa shape index (κ3) is 10.5. The van der Waals surface area contributed by atoms with Gasteiger partial charge < -0.3 is 20.7 Å². The highest BCUT2D eigenvalue weighted by Gasteiger charge is 2.50. The molecule has 1 fully saturated rings. The molecule has 34 heavy (non-hydrogen) atoms. The zero-order valence-corrected chi connectivity index (χ0v) is 22.5. The van der Waals surface area contributed by atoms with Gasteiger partial charge in [0.25, 0.3) is 0 Å². The van der Waals surface area contributed by atoms with Crippen molar-refractivity contribution in [2.75, 3.05) is 6.61 Å². The van der Waals surface area contributed by atoms with Gasteiger partial charge in [0, 0.05) is 6.42 Å². The minimum absolute atomic E-state index is 0.134. The first kappa shape index (κ1) is 30.1. The number of unbranched alkanes of at least 4 members (excludes halogenated alkanes) is 1. The monoisotopic (exact) mass is 481 g/mol. The lowest BCUT2D eigenvalue weighted by atomic mass is 9.92. The number of epoxide rings is 1. The van der Waals surface area contributed by atoms with Crippen LogP contribution >= 0.6 is 0 Å². The number of nitrogens with one attached hydrogen (secondary N) is 3. The summed E-state index contributed by atoms with van der Waals surface area (Å²) in [5.74, 6) is -0.523. The van der Waals surface area contributed by atoms with E-state index in [1.165, 1.54) is 0 Å². The molecule has 4 atom stereocenters. The minimum atomic E-state index is -0.839. The van der Waals surface area contributed by atoms with E-state index in [1.807, 2.05) is 48.5 Å². The Morgan fingerprint density at radius 3 is 1.59 bits per heavy atom. The van der Waals surface area contributed by atoms with Crippen LogP contribution in [0.1, 0.15) is 93.9 Å². The molecule has 0 aromatic rings. The summed E-state index contributed by atoms with van der Waals surface area (Å²) in [7, 11) is 0. The summed E-state index contributed by atoms with van der Waals surface area (Å²) in [6, 6.07) is -2.18. The van der Waals surface area contributed by atoms with Crippen molar-refractivity contribution in [1.29, 1.82) is 0 Å². The highest BCUT2D eigenvalue weighted by atomic mass is 16.6. The van der Waals surface area contributed by atoms with Crippen LogP contribution in [0.4, 0.5) is 0 Å². The molecule has 3 N–H and O–H groups in total. The molecule has 1 aliphatic rings. The Kier molecular flexibility index (Phi) is 12.2. The van der Waals surface area contributed by atoms with Crippen molar-refractivity contribution in [1.82, 2.24) is 16.0 Å². The van der Waals surface area contributed by atoms with Crippen molar-refractivity contribution in [3.05, 3.63) is 0 Å². The van der Waals surface area contributed by atoms with Gasteiger partial charge in [-0.05, 0) is 50.4 Å². The predicted octanol–water partition coefficient (Wildman–Crippen LogP) is 3.13. The summed E-state index contributed by atoms with van der Waals surface area (Å²) in [5.41, 5.74) is -0.839. The predicted molar refractivity (Wildman–Crippen MR) is 133 cm³/mol. The number of hydrogen-bond acceptors (Lipinski definition) is 5. The second kappa shape index (κ2) is 13.8. The highest BCUT2D eigenvalue weighted by Crippen LogP contribution is 2.29. The van der Waals surface area contributed by atoms with E-state index in [1.54, 1.807) is 6.92 Å². The summed E-state index contributed by atoms with van der Waals surface area (Å²) in [5, 5.41) is 8.58. The normalized spacial score (nSPS) is 20.1. The number of carbonyl (C=O) groups is 4. The third-order valence-corrected chi connectivity index (χ3v) is 5.89. The van der Waals surface area contributed by atoms with Crippen molar-refractivity contribution in [2.45, 2.75) is 118 Å². The molecule has 1 rings (SSSR count). The maximum Gasteiger partial charge on any atom is 0.243 e. The van der Waals surface area contributed by atoms with E-state index in [9.17, 15) is 19.2 Å². The molecule has 0 aromatic heterocycles. The van der Waals surface area contributed by atoms with Gasteiger partial charge >= 0.3 is 0 Å². The van der Waals surface area contributed by atoms with Gasteiger partial charge in [-0.2, -0.15) is 0 Å². The van der Waals surface area contributed by atoms with Gasteiger partial charge in [-0.15, -0.1) is 0 Å². The quantitative estimate of drug-likeness (QED) is 0.293. The maximum absolute atomic E-state index is 13.3. The number of amides is 3. The lowest BCUT2D eigenvalue weighted by molar-refractivity contribution is -0.134. The lowest BCUT2D eigenvalue weighted by Gasteiger charge is -2.27. The Balaban J connectivity index is 2.97. The van der Waals surface area contributed by atoms with Crippen LogP contribution in [0, 0.1) is 17.8 Å². The Morgan fingerprint density at radius 1 is 0.765 bits per heavy atom. The van der Waals surface area contributed by atoms with E-state index in [2.05, 4.69) is 16.0 Å². The first-order valence-electron chi connectivity index (χ1n) is 12.9. The maximum atomic E-state index is 13.3. The van der Waals surface area contributed by atoms with Gasteiger partial charge in [0.05, 0.1) is 12.6 Å². The number of ketones is 1. The Bertz CT molecular complexity index is 701. The Morgan fingerprint density at radius 2 is 1.18 bits per heavy atom. The number of ether oxygens (including phenoxy) is 1. The van der Waals surface area contributed by atoms with E-state index in [4.69, 9.17) is 4.74 Å². The van der Waals surface area contributed by atoms with E-state index in [0.717, 1.165) is 12.8 Å². The van der Waals surface area contributed by atoms with Gasteiger partial charge in [-0.1, -0.05) is 54.9 Å². The van der Waals surface area contributed by atoms with Crippen LogP contribution in [0.25, 0.3) is 0 Å². The topological polar surface area (TPSA) is 117 Å². The molecule has 0 radical (unpaired) electrons. The van der Waals surface area contributed by atoms with Crippen LogP contribution in [0.3, 0.4) is 0 Å². The molecule has 8 nitrogen and oxygen atoms in total. The standard InChI is InChI=1S/C26H47N3O5/c1-9-10-11-22(30)27-20(13-17(4)5)24(32)29-21(14-18(6)7)25(33)28-19(12-16(2)3)23(31)26(8)15-34-26/h16-21H,9-15H2,1-8H3,(H,27,30)(H,28,33)(H,29,32)/t19-,20-,21-,26+/m0/s1. The van der Waals surface area contributed by atoms with Crippen molar-refractivity contribution in [2.24, 2.45) is 17.8 Å². The third-order valence-electron chi connectivity index (χ3n) is 5.89. The molecule has 8 heteroatoms. The molecule has 0 bridgehead atoms. The van der Waals surface area contributed by atoms with Crippen molar-refractivity contribution >= 4 is 23.5 Å². The Hall–Kier alpha value is -1.96. The smallest absolute Gasteiger partial charge is 0.243 e. The molecular formula is C26H47N3O5. The number of rotatable bonds is 16. The van der Waals surface area contributed by atoms with Crippen LogP contribution < -0.4 is 16.0 Å². The van der Waals surface area contributed by atoms with Crippen LogP contribution in [0.2, 0.25) is 0 Å². The van der Waals surface area contributed by atoms with E-state index in [-0.39, 0.29) is 41.3 Å². The Labute approximate surface area is 205 Å². The van der Waals surface area contributed by atoms with Crippen molar-refractivity contribution in [3.8, 4) is 0 Å². The zero-order chi connectivity index (χ0) is 26.1. The van der Waals surface area contributed by atoms with Crippen LogP contribution in [0.5, 0.6) is 0 Å². The summed E-state index contributed by atoms with van der Waals surface area (Å²) in [6.07, 6.45) is 3.42. The summed E-state index contributed by atoms with van der Waals surface area (Å²) < 4.78 is 5.31. The van der Waals surface area contributed by atoms with E-state index in [0.29, 0.717) is 32.3 Å². The zero-order valence-electron chi connectivity index (χ0n) is 22.5. The molecule has 1 saturated heterocycles. The van der Waals surface area contributed by atoms with Crippen LogP contribution in [0.15, 0.2) is 0 Å². The average molecular weight is 482 g/mol. The van der Waals surface area contributed by atoms with Crippen molar-refractivity contribution < 1.29 is 23.9 Å². The molecular weight excluding hydrogens is 434 g/mol. The molecule has 0 aliphatic carbocycles. The van der Waals surface area contributed by atoms with Gasteiger partial charge in [0.15, 0.2) is 5.78 Å². The first-order valence-corrected chi connectivity index (χ1v) is 12.9. The fourth-order valence-electron chi connectivity index (χ4n) is 3.88. The molecule has 0 unspecified atom stereocenters. The van der Waals surface area contributed by atoms with Gasteiger partial charge in [0.2, 0.25) is 17.7 Å². The SMILES string of the molecule is CCCCC(=O)N[C@@H](CC(C)C)C(=O)N[C@@H](CC(C)C)C(=O)N[C@@H](CC(C)C)C(=O)[C@@]1(C)CO1. The number of carbonyl (C=O) groups excluding carboxylic acids is 4. The minimum Gasteiger partial charge on any atom is -0.361 e. The molecule has 0 spiro atoms. The molecule has 1 heterocycles. The highest BCUT2D eigenvalue weighted by molar-refractivity contribution is 5.98. The fourth-order valence-corrected chi connectivity index (χ4v) is 3.88. The van der Waals surface area contributed by atoms with Gasteiger partial charge in [-0.25, -0.2) is 0 Å². The van der Waals surface area contributed by atoms with Crippen molar-refractivity contribution in [3.63, 3.8) is 0 Å². The fraction of sp³-hybridized carbons (Fsp3) is 0.846. The van der Waals surface area contributed by atoms with Gasteiger partial charge in [-0.3, -0.25) is 19.2 Å². The summed E-state index contributed by atoms with van der Waals surface area (Å²) in [6.45, 7) is 16.0. The molecule has 196 valence electrons. The first-order chi connectivity index (χ1) is 15.8. The number of Topliss-reactive ketones (excluding diaryl/α,β-unsaturated/α-hetero) is 1. The molecule has 0 saturated carbocycles. The second-order valence-corrected chi connectivity index (χ2v) is 11.1. The lowest BCUT2D eigenvalue weighted by Crippen LogP contribution is -2.57. The largest absolute Gasteiger partial charge is 0.361 e. The molecule has 3 amide bonds. The van der Waals surface area contributed by atoms with Gasteiger partial charge in [0.1, 0.15) is 17.7 Å².